The minimum Gasteiger partial charge on any atom is -0.481 e. The highest BCUT2D eigenvalue weighted by Crippen LogP contribution is 2.20. The van der Waals surface area contributed by atoms with E-state index in [1.54, 1.807) is 6.92 Å². The Balaban J connectivity index is 2.72. The van der Waals surface area contributed by atoms with Crippen LogP contribution < -0.4 is 11.3 Å². The second-order valence-electron chi connectivity index (χ2n) is 3.00. The van der Waals surface area contributed by atoms with E-state index < -0.39 is 5.97 Å². The number of rotatable bonds is 4. The molecule has 82 valence electrons. The average molecular weight is 229 g/mol. The first-order valence-electron chi connectivity index (χ1n) is 4.22. The maximum atomic E-state index is 11.0. The molecule has 1 unspecified atom stereocenters. The zero-order valence-electron chi connectivity index (χ0n) is 8.06. The average Bonchev–Trinajstić information content (AvgIpc) is 1.98. The first kappa shape index (κ1) is 11.6. The van der Waals surface area contributed by atoms with E-state index in [0.717, 1.165) is 0 Å². The first-order chi connectivity index (χ1) is 6.97. The number of aliphatic carboxylic acids is 1. The molecule has 1 aromatic rings. The van der Waals surface area contributed by atoms with Crippen molar-refractivity contribution in [3.8, 4) is 0 Å². The monoisotopic (exact) mass is 229 g/mol. The molecule has 4 N–H and O–H groups in total. The van der Waals surface area contributed by atoms with Gasteiger partial charge in [0, 0.05) is 11.3 Å². The molecular weight excluding hydrogens is 218 g/mol. The van der Waals surface area contributed by atoms with Crippen molar-refractivity contribution in [2.75, 3.05) is 5.73 Å². The first-order valence-corrected chi connectivity index (χ1v) is 5.10. The Bertz CT molecular complexity index is 418. The van der Waals surface area contributed by atoms with Crippen molar-refractivity contribution in [1.82, 2.24) is 9.97 Å². The molecule has 0 saturated heterocycles. The van der Waals surface area contributed by atoms with Crippen LogP contribution in [-0.2, 0) is 4.79 Å². The van der Waals surface area contributed by atoms with Gasteiger partial charge in [-0.3, -0.25) is 9.59 Å². The molecule has 0 amide bonds. The summed E-state index contributed by atoms with van der Waals surface area (Å²) in [7, 11) is 0. The lowest BCUT2D eigenvalue weighted by atomic mass is 10.3. The Morgan fingerprint density at radius 3 is 3.00 bits per heavy atom. The van der Waals surface area contributed by atoms with Gasteiger partial charge in [-0.1, -0.05) is 18.7 Å². The van der Waals surface area contributed by atoms with E-state index in [4.69, 9.17) is 10.8 Å². The standard InChI is InChI=1S/C8H11N3O3S/c1-4(2-7(13)14)15-8-10-5(9)3-6(12)11-8/h3-4H,2H2,1H3,(H,13,14)(H3,9,10,11,12). The lowest BCUT2D eigenvalue weighted by molar-refractivity contribution is -0.136. The van der Waals surface area contributed by atoms with E-state index in [0.29, 0.717) is 5.16 Å². The number of hydrogen-bond donors (Lipinski definition) is 3. The van der Waals surface area contributed by atoms with Crippen LogP contribution in [0, 0.1) is 0 Å². The number of aromatic nitrogens is 2. The van der Waals surface area contributed by atoms with Crippen LogP contribution in [0.2, 0.25) is 0 Å². The molecule has 6 nitrogen and oxygen atoms in total. The molecular formula is C8H11N3O3S. The van der Waals surface area contributed by atoms with Gasteiger partial charge >= 0.3 is 5.97 Å². The van der Waals surface area contributed by atoms with Crippen molar-refractivity contribution in [3.63, 3.8) is 0 Å². The molecule has 15 heavy (non-hydrogen) atoms. The van der Waals surface area contributed by atoms with Crippen molar-refractivity contribution in [3.05, 3.63) is 16.4 Å². The maximum Gasteiger partial charge on any atom is 0.304 e. The second kappa shape index (κ2) is 4.83. The zero-order valence-corrected chi connectivity index (χ0v) is 8.87. The highest BCUT2D eigenvalue weighted by molar-refractivity contribution is 7.99. The summed E-state index contributed by atoms with van der Waals surface area (Å²) in [6.07, 6.45) is 0.00315. The highest BCUT2D eigenvalue weighted by Gasteiger charge is 2.10. The number of carbonyl (C=O) groups is 1. The van der Waals surface area contributed by atoms with Gasteiger partial charge in [-0.25, -0.2) is 4.98 Å². The predicted octanol–water partition coefficient (Wildman–Crippen LogP) is 0.307. The summed E-state index contributed by atoms with van der Waals surface area (Å²) in [4.78, 5) is 27.8. The largest absolute Gasteiger partial charge is 0.481 e. The number of aromatic amines is 1. The molecule has 7 heteroatoms. The van der Waals surface area contributed by atoms with E-state index in [9.17, 15) is 9.59 Å². The van der Waals surface area contributed by atoms with Crippen molar-refractivity contribution in [2.45, 2.75) is 23.8 Å². The fourth-order valence-electron chi connectivity index (χ4n) is 0.987. The normalized spacial score (nSPS) is 12.3. The molecule has 0 aliphatic carbocycles. The SMILES string of the molecule is CC(CC(=O)O)Sc1nc(N)cc(=O)[nH]1. The molecule has 0 bridgehead atoms. The second-order valence-corrected chi connectivity index (χ2v) is 4.43. The van der Waals surface area contributed by atoms with Crippen LogP contribution in [0.1, 0.15) is 13.3 Å². The smallest absolute Gasteiger partial charge is 0.304 e. The summed E-state index contributed by atoms with van der Waals surface area (Å²) in [5, 5.41) is 8.71. The molecule has 0 radical (unpaired) electrons. The van der Waals surface area contributed by atoms with Gasteiger partial charge in [0.1, 0.15) is 5.82 Å². The Labute approximate surface area is 89.9 Å². The van der Waals surface area contributed by atoms with Gasteiger partial charge < -0.3 is 15.8 Å². The molecule has 1 aromatic heterocycles. The summed E-state index contributed by atoms with van der Waals surface area (Å²) in [5.41, 5.74) is 5.04. The molecule has 1 heterocycles. The van der Waals surface area contributed by atoms with Gasteiger partial charge in [-0.2, -0.15) is 0 Å². The third kappa shape index (κ3) is 4.03. The lowest BCUT2D eigenvalue weighted by Crippen LogP contribution is -2.12. The van der Waals surface area contributed by atoms with Crippen molar-refractivity contribution in [2.24, 2.45) is 0 Å². The van der Waals surface area contributed by atoms with E-state index >= 15 is 0 Å². The fourth-order valence-corrected chi connectivity index (χ4v) is 1.91. The van der Waals surface area contributed by atoms with Crippen LogP contribution in [0.5, 0.6) is 0 Å². The van der Waals surface area contributed by atoms with Crippen LogP contribution in [0.15, 0.2) is 16.0 Å². The van der Waals surface area contributed by atoms with Crippen LogP contribution >= 0.6 is 11.8 Å². The van der Waals surface area contributed by atoms with E-state index in [1.165, 1.54) is 17.8 Å². The Hall–Kier alpha value is -1.50. The van der Waals surface area contributed by atoms with Crippen molar-refractivity contribution < 1.29 is 9.90 Å². The molecule has 0 saturated carbocycles. The lowest BCUT2D eigenvalue weighted by Gasteiger charge is -2.06. The van der Waals surface area contributed by atoms with E-state index in [1.807, 2.05) is 0 Å². The fraction of sp³-hybridized carbons (Fsp3) is 0.375. The number of thioether (sulfide) groups is 1. The minimum atomic E-state index is -0.888. The Morgan fingerprint density at radius 2 is 2.47 bits per heavy atom. The Kier molecular flexibility index (Phi) is 3.73. The van der Waals surface area contributed by atoms with Gasteiger partial charge in [0.05, 0.1) is 6.42 Å². The van der Waals surface area contributed by atoms with Crippen LogP contribution in [-0.4, -0.2) is 26.3 Å². The molecule has 0 aromatic carbocycles. The molecule has 1 rings (SSSR count). The number of carboxylic acids is 1. The maximum absolute atomic E-state index is 11.0. The number of hydrogen-bond acceptors (Lipinski definition) is 5. The van der Waals surface area contributed by atoms with Gasteiger partial charge in [-0.15, -0.1) is 0 Å². The third-order valence-corrected chi connectivity index (χ3v) is 2.50. The molecule has 1 atom stereocenters. The van der Waals surface area contributed by atoms with Gasteiger partial charge in [0.2, 0.25) is 0 Å². The number of nitrogens with two attached hydrogens (primary N) is 1. The number of nitrogen functional groups attached to an aromatic ring is 1. The summed E-state index contributed by atoms with van der Waals surface area (Å²) < 4.78 is 0. The summed E-state index contributed by atoms with van der Waals surface area (Å²) in [5.74, 6) is -0.759. The van der Waals surface area contributed by atoms with Gasteiger partial charge in [0.15, 0.2) is 5.16 Å². The zero-order chi connectivity index (χ0) is 11.4. The van der Waals surface area contributed by atoms with Crippen molar-refractivity contribution in [1.29, 1.82) is 0 Å². The number of nitrogens with one attached hydrogen (secondary N) is 1. The summed E-state index contributed by atoms with van der Waals surface area (Å²) in [6, 6.07) is 1.17. The van der Waals surface area contributed by atoms with Gasteiger partial charge in [0.25, 0.3) is 5.56 Å². The predicted molar refractivity (Wildman–Crippen MR) is 56.8 cm³/mol. The molecule has 0 aliphatic rings. The number of anilines is 1. The molecule has 0 fully saturated rings. The van der Waals surface area contributed by atoms with Gasteiger partial charge in [-0.05, 0) is 0 Å². The quantitative estimate of drug-likeness (QED) is 0.506. The summed E-state index contributed by atoms with van der Waals surface area (Å²) in [6.45, 7) is 1.74. The van der Waals surface area contributed by atoms with E-state index in [2.05, 4.69) is 9.97 Å². The number of carboxylic acid groups (broad SMARTS) is 1. The number of H-pyrrole nitrogens is 1. The highest BCUT2D eigenvalue weighted by atomic mass is 32.2. The summed E-state index contributed by atoms with van der Waals surface area (Å²) >= 11 is 1.17. The Morgan fingerprint density at radius 1 is 1.80 bits per heavy atom. The minimum absolute atomic E-state index is 0.00315. The topological polar surface area (TPSA) is 109 Å². The number of nitrogens with zero attached hydrogens (tertiary/aromatic N) is 1. The molecule has 0 aliphatic heterocycles. The van der Waals surface area contributed by atoms with E-state index in [-0.39, 0.29) is 23.0 Å². The van der Waals surface area contributed by atoms with Crippen LogP contribution in [0.25, 0.3) is 0 Å². The molecule has 0 spiro atoms. The third-order valence-electron chi connectivity index (χ3n) is 1.51. The van der Waals surface area contributed by atoms with Crippen LogP contribution in [0.4, 0.5) is 5.82 Å². The van der Waals surface area contributed by atoms with Crippen LogP contribution in [0.3, 0.4) is 0 Å². The van der Waals surface area contributed by atoms with Crippen molar-refractivity contribution >= 4 is 23.5 Å².